The zero-order chi connectivity index (χ0) is 22.7. The van der Waals surface area contributed by atoms with E-state index in [1.54, 1.807) is 6.07 Å². The van der Waals surface area contributed by atoms with Crippen molar-refractivity contribution in [3.8, 4) is 5.75 Å². The molecule has 2 aliphatic rings. The maximum Gasteiger partial charge on any atom is 0.308 e. The van der Waals surface area contributed by atoms with Gasteiger partial charge in [-0.25, -0.2) is 0 Å². The zero-order valence-corrected chi connectivity index (χ0v) is 20.0. The number of hydrogen-bond acceptors (Lipinski definition) is 4. The molecule has 1 unspecified atom stereocenters. The van der Waals surface area contributed by atoms with Crippen molar-refractivity contribution in [2.24, 2.45) is 5.92 Å². The van der Waals surface area contributed by atoms with Crippen LogP contribution in [0.3, 0.4) is 0 Å². The quantitative estimate of drug-likeness (QED) is 0.446. The van der Waals surface area contributed by atoms with E-state index in [1.807, 2.05) is 18.2 Å². The molecule has 4 rings (SSSR count). The minimum atomic E-state index is -0.714. The van der Waals surface area contributed by atoms with Gasteiger partial charge in [-0.15, -0.1) is 0 Å². The molecule has 2 aromatic carbocycles. The first kappa shape index (κ1) is 23.7. The Morgan fingerprint density at radius 1 is 1.03 bits per heavy atom. The number of aliphatic hydroxyl groups is 1. The molecule has 7 heteroatoms. The molecule has 1 aliphatic heterocycles. The highest BCUT2D eigenvalue weighted by atomic mass is 35.5. The van der Waals surface area contributed by atoms with E-state index in [0.717, 1.165) is 24.0 Å². The molecule has 1 saturated carbocycles. The van der Waals surface area contributed by atoms with E-state index in [4.69, 9.17) is 44.3 Å². The van der Waals surface area contributed by atoms with Gasteiger partial charge in [0, 0.05) is 27.9 Å². The molecular formula is C25H27Cl3O4. The van der Waals surface area contributed by atoms with Crippen molar-refractivity contribution in [3.63, 3.8) is 0 Å². The molecule has 172 valence electrons. The number of carbonyl (C=O) groups is 1. The molecule has 1 heterocycles. The molecular weight excluding hydrogens is 471 g/mol. The fourth-order valence-corrected chi connectivity index (χ4v) is 5.64. The van der Waals surface area contributed by atoms with Gasteiger partial charge in [-0.1, -0.05) is 66.2 Å². The summed E-state index contributed by atoms with van der Waals surface area (Å²) in [5.74, 6) is 0.619. The summed E-state index contributed by atoms with van der Waals surface area (Å²) in [6.45, 7) is 0.120. The fourth-order valence-electron chi connectivity index (χ4n) is 4.95. The number of halogens is 3. The van der Waals surface area contributed by atoms with Crippen LogP contribution in [0.5, 0.6) is 5.75 Å². The van der Waals surface area contributed by atoms with E-state index < -0.39 is 18.2 Å². The van der Waals surface area contributed by atoms with Crippen molar-refractivity contribution in [2.45, 2.75) is 63.1 Å². The standard InChI is InChI=1S/C25H27Cl3O4/c26-17-8-6-16(7-9-17)24(15-4-2-1-3-5-15)21-10-18(27)11-22(28)25(21)31-14-20-12-19(29)13-23(30)32-20/h6-11,15,19-20,24,29H,1-5,12-14H2/t19-,20+,24?/m1/s1. The van der Waals surface area contributed by atoms with Crippen molar-refractivity contribution in [1.29, 1.82) is 0 Å². The molecule has 2 fully saturated rings. The minimum absolute atomic E-state index is 0.0176. The molecule has 1 N–H and O–H groups in total. The van der Waals surface area contributed by atoms with E-state index in [-0.39, 0.29) is 18.9 Å². The van der Waals surface area contributed by atoms with Crippen LogP contribution in [0.25, 0.3) is 0 Å². The lowest BCUT2D eigenvalue weighted by Crippen LogP contribution is -2.36. The summed E-state index contributed by atoms with van der Waals surface area (Å²) in [7, 11) is 0. The van der Waals surface area contributed by atoms with Crippen LogP contribution in [0, 0.1) is 5.92 Å². The number of hydrogen-bond donors (Lipinski definition) is 1. The van der Waals surface area contributed by atoms with Gasteiger partial charge in [0.15, 0.2) is 0 Å². The predicted molar refractivity (Wildman–Crippen MR) is 127 cm³/mol. The summed E-state index contributed by atoms with van der Waals surface area (Å²) >= 11 is 19.2. The molecule has 0 amide bonds. The molecule has 0 spiro atoms. The van der Waals surface area contributed by atoms with Crippen molar-refractivity contribution in [2.75, 3.05) is 6.61 Å². The minimum Gasteiger partial charge on any atom is -0.488 e. The molecule has 2 aromatic rings. The Kier molecular flexibility index (Phi) is 7.88. The molecule has 0 bridgehead atoms. The molecule has 4 nitrogen and oxygen atoms in total. The van der Waals surface area contributed by atoms with Gasteiger partial charge in [0.05, 0.1) is 17.5 Å². The first-order valence-corrected chi connectivity index (χ1v) is 12.3. The van der Waals surface area contributed by atoms with E-state index >= 15 is 0 Å². The van der Waals surface area contributed by atoms with E-state index in [0.29, 0.717) is 33.2 Å². The van der Waals surface area contributed by atoms with Gasteiger partial charge in [0.1, 0.15) is 18.5 Å². The Balaban J connectivity index is 1.68. The second-order valence-electron chi connectivity index (χ2n) is 8.75. The molecule has 1 saturated heterocycles. The van der Waals surface area contributed by atoms with Gasteiger partial charge in [-0.2, -0.15) is 0 Å². The van der Waals surface area contributed by atoms with Crippen LogP contribution >= 0.6 is 34.8 Å². The second kappa shape index (κ2) is 10.6. The average molecular weight is 498 g/mol. The average Bonchev–Trinajstić information content (AvgIpc) is 2.75. The largest absolute Gasteiger partial charge is 0.488 e. The molecule has 3 atom stereocenters. The van der Waals surface area contributed by atoms with Gasteiger partial charge >= 0.3 is 5.97 Å². The molecule has 1 aliphatic carbocycles. The van der Waals surface area contributed by atoms with Crippen LogP contribution in [0.1, 0.15) is 62.0 Å². The number of ether oxygens (including phenoxy) is 2. The maximum absolute atomic E-state index is 11.7. The molecule has 0 aromatic heterocycles. The summed E-state index contributed by atoms with van der Waals surface area (Å²) in [5, 5.41) is 11.6. The van der Waals surface area contributed by atoms with E-state index in [9.17, 15) is 9.90 Å². The van der Waals surface area contributed by atoms with Gasteiger partial charge in [-0.05, 0) is 48.6 Å². The first-order valence-electron chi connectivity index (χ1n) is 11.2. The van der Waals surface area contributed by atoms with Crippen LogP contribution in [0.2, 0.25) is 15.1 Å². The second-order valence-corrected chi connectivity index (χ2v) is 10.0. The highest BCUT2D eigenvalue weighted by molar-refractivity contribution is 6.35. The van der Waals surface area contributed by atoms with Gasteiger partial charge in [0.25, 0.3) is 0 Å². The number of carbonyl (C=O) groups excluding carboxylic acids is 1. The highest BCUT2D eigenvalue weighted by Crippen LogP contribution is 2.47. The third-order valence-corrected chi connectivity index (χ3v) is 7.12. The lowest BCUT2D eigenvalue weighted by Gasteiger charge is -2.33. The van der Waals surface area contributed by atoms with Crippen LogP contribution < -0.4 is 4.74 Å². The van der Waals surface area contributed by atoms with Crippen LogP contribution in [-0.2, 0) is 9.53 Å². The monoisotopic (exact) mass is 496 g/mol. The van der Waals surface area contributed by atoms with Crippen molar-refractivity contribution < 1.29 is 19.4 Å². The Morgan fingerprint density at radius 3 is 2.44 bits per heavy atom. The summed E-state index contributed by atoms with van der Waals surface area (Å²) in [4.78, 5) is 11.7. The molecule has 32 heavy (non-hydrogen) atoms. The Hall–Kier alpha value is -1.46. The van der Waals surface area contributed by atoms with Crippen LogP contribution in [0.15, 0.2) is 36.4 Å². The topological polar surface area (TPSA) is 55.8 Å². The number of esters is 1. The Labute approximate surface area is 203 Å². The number of benzene rings is 2. The lowest BCUT2D eigenvalue weighted by molar-refractivity contribution is -0.162. The van der Waals surface area contributed by atoms with Crippen LogP contribution in [0.4, 0.5) is 0 Å². The van der Waals surface area contributed by atoms with Crippen molar-refractivity contribution in [1.82, 2.24) is 0 Å². The van der Waals surface area contributed by atoms with Crippen molar-refractivity contribution in [3.05, 3.63) is 62.6 Å². The summed E-state index contributed by atoms with van der Waals surface area (Å²) in [6, 6.07) is 11.5. The zero-order valence-electron chi connectivity index (χ0n) is 17.7. The van der Waals surface area contributed by atoms with Crippen molar-refractivity contribution >= 4 is 40.8 Å². The number of cyclic esters (lactones) is 1. The summed E-state index contributed by atoms with van der Waals surface area (Å²) in [5.41, 5.74) is 2.07. The smallest absolute Gasteiger partial charge is 0.308 e. The van der Waals surface area contributed by atoms with E-state index in [1.165, 1.54) is 19.3 Å². The van der Waals surface area contributed by atoms with E-state index in [2.05, 4.69) is 12.1 Å². The Bertz CT molecular complexity index is 941. The van der Waals surface area contributed by atoms with Gasteiger partial charge in [0.2, 0.25) is 0 Å². The fraction of sp³-hybridized carbons (Fsp3) is 0.480. The predicted octanol–water partition coefficient (Wildman–Crippen LogP) is 6.80. The normalized spacial score (nSPS) is 22.9. The highest BCUT2D eigenvalue weighted by Gasteiger charge is 2.32. The summed E-state index contributed by atoms with van der Waals surface area (Å²) in [6.07, 6.45) is 4.98. The van der Waals surface area contributed by atoms with Gasteiger partial charge < -0.3 is 14.6 Å². The SMILES string of the molecule is O=C1C[C@H](O)C[C@@H](COc2c(Cl)cc(Cl)cc2C(c2ccc(Cl)cc2)C2CCCCC2)O1. The Morgan fingerprint density at radius 2 is 1.75 bits per heavy atom. The first-order chi connectivity index (χ1) is 15.4. The van der Waals surface area contributed by atoms with Crippen LogP contribution in [-0.4, -0.2) is 29.9 Å². The maximum atomic E-state index is 11.7. The number of aliphatic hydroxyl groups excluding tert-OH is 1. The molecule has 0 radical (unpaired) electrons. The third-order valence-electron chi connectivity index (χ3n) is 6.37. The lowest BCUT2D eigenvalue weighted by atomic mass is 9.73. The van der Waals surface area contributed by atoms with Gasteiger partial charge in [-0.3, -0.25) is 4.79 Å². The third kappa shape index (κ3) is 5.72. The summed E-state index contributed by atoms with van der Waals surface area (Å²) < 4.78 is 11.5. The number of rotatable bonds is 6.